The van der Waals surface area contributed by atoms with Gasteiger partial charge in [0, 0.05) is 10.9 Å². The lowest BCUT2D eigenvalue weighted by Crippen LogP contribution is -2.12. The minimum atomic E-state index is -0.657. The molecule has 0 unspecified atom stereocenters. The minimum absolute atomic E-state index is 0.0224. The van der Waals surface area contributed by atoms with E-state index in [1.54, 1.807) is 18.2 Å². The molecule has 0 aliphatic carbocycles. The van der Waals surface area contributed by atoms with Crippen LogP contribution in [-0.4, -0.2) is 24.1 Å². The van der Waals surface area contributed by atoms with Gasteiger partial charge in [0.05, 0.1) is 13.2 Å². The average Bonchev–Trinajstić information content (AvgIpc) is 3.01. The predicted molar refractivity (Wildman–Crippen MR) is 60.9 cm³/mol. The molecule has 17 heavy (non-hydrogen) atoms. The highest BCUT2D eigenvalue weighted by molar-refractivity contribution is 5.97. The molecule has 0 radical (unpaired) electrons. The first-order valence-corrected chi connectivity index (χ1v) is 5.44. The van der Waals surface area contributed by atoms with Crippen molar-refractivity contribution in [2.75, 3.05) is 13.2 Å². The van der Waals surface area contributed by atoms with Crippen LogP contribution in [0, 0.1) is 0 Å². The number of ether oxygens (including phenoxy) is 1. The molecule has 4 heteroatoms. The fourth-order valence-electron chi connectivity index (χ4n) is 1.89. The van der Waals surface area contributed by atoms with Gasteiger partial charge < -0.3 is 14.3 Å². The van der Waals surface area contributed by atoms with E-state index >= 15 is 0 Å². The van der Waals surface area contributed by atoms with Crippen molar-refractivity contribution < 1.29 is 19.1 Å². The lowest BCUT2D eigenvalue weighted by atomic mass is 10.1. The Morgan fingerprint density at radius 2 is 2.24 bits per heavy atom. The molecule has 0 spiro atoms. The topological polar surface area (TPSA) is 63.0 Å². The van der Waals surface area contributed by atoms with Crippen LogP contribution in [-0.2, 0) is 10.3 Å². The van der Waals surface area contributed by atoms with Gasteiger partial charge >= 0.3 is 0 Å². The van der Waals surface area contributed by atoms with Crippen LogP contribution >= 0.6 is 0 Å². The van der Waals surface area contributed by atoms with Gasteiger partial charge in [0.2, 0.25) is 0 Å². The van der Waals surface area contributed by atoms with E-state index in [4.69, 9.17) is 9.15 Å². The molecule has 1 aromatic heterocycles. The molecule has 0 bridgehead atoms. The zero-order valence-corrected chi connectivity index (χ0v) is 9.40. The molecule has 1 atom stereocenters. The van der Waals surface area contributed by atoms with Crippen LogP contribution in [0.15, 0.2) is 28.7 Å². The minimum Gasteiger partial charge on any atom is -0.458 e. The Morgan fingerprint density at radius 3 is 2.82 bits per heavy atom. The number of fused-ring (bicyclic) bond motifs is 1. The Morgan fingerprint density at radius 1 is 1.47 bits per heavy atom. The van der Waals surface area contributed by atoms with Crippen LogP contribution in [0.4, 0.5) is 0 Å². The first-order valence-electron chi connectivity index (χ1n) is 5.44. The Bertz CT molecular complexity index is 592. The van der Waals surface area contributed by atoms with Crippen LogP contribution in [0.25, 0.3) is 11.0 Å². The van der Waals surface area contributed by atoms with Crippen LogP contribution < -0.4 is 0 Å². The highest BCUT2D eigenvalue weighted by Crippen LogP contribution is 2.40. The lowest BCUT2D eigenvalue weighted by Gasteiger charge is -2.01. The molecule has 2 heterocycles. The van der Waals surface area contributed by atoms with E-state index in [0.29, 0.717) is 23.5 Å². The zero-order valence-electron chi connectivity index (χ0n) is 9.40. The summed E-state index contributed by atoms with van der Waals surface area (Å²) in [7, 11) is 0. The second-order valence-electron chi connectivity index (χ2n) is 4.36. The number of aliphatic hydroxyl groups is 1. The van der Waals surface area contributed by atoms with Gasteiger partial charge in [-0.1, -0.05) is 0 Å². The first kappa shape index (κ1) is 10.5. The molecule has 4 nitrogen and oxygen atoms in total. The van der Waals surface area contributed by atoms with Gasteiger partial charge in [0.25, 0.3) is 0 Å². The van der Waals surface area contributed by atoms with E-state index in [1.165, 1.54) is 6.92 Å². The summed E-state index contributed by atoms with van der Waals surface area (Å²) in [4.78, 5) is 11.3. The van der Waals surface area contributed by atoms with Gasteiger partial charge in [-0.05, 0) is 31.2 Å². The quantitative estimate of drug-likeness (QED) is 0.648. The molecular weight excluding hydrogens is 220 g/mol. The van der Waals surface area contributed by atoms with Crippen molar-refractivity contribution in [3.05, 3.63) is 35.6 Å². The van der Waals surface area contributed by atoms with Crippen LogP contribution in [0.3, 0.4) is 0 Å². The van der Waals surface area contributed by atoms with Crippen molar-refractivity contribution in [2.45, 2.75) is 12.5 Å². The molecule has 1 aromatic carbocycles. The van der Waals surface area contributed by atoms with Gasteiger partial charge in [0.15, 0.2) is 11.4 Å². The third kappa shape index (κ3) is 1.57. The molecule has 0 saturated carbocycles. The number of carbonyl (C=O) groups is 1. The SMILES string of the molecule is CC(=O)c1ccc2oc([C@]3(CO)CO3)cc2c1. The highest BCUT2D eigenvalue weighted by atomic mass is 16.6. The van der Waals surface area contributed by atoms with Crippen molar-refractivity contribution in [3.63, 3.8) is 0 Å². The fourth-order valence-corrected chi connectivity index (χ4v) is 1.89. The molecule has 1 fully saturated rings. The number of aliphatic hydroxyl groups excluding tert-OH is 1. The highest BCUT2D eigenvalue weighted by Gasteiger charge is 2.49. The van der Waals surface area contributed by atoms with E-state index in [-0.39, 0.29) is 12.4 Å². The first-order chi connectivity index (χ1) is 8.14. The number of hydrogen-bond donors (Lipinski definition) is 1. The summed E-state index contributed by atoms with van der Waals surface area (Å²) >= 11 is 0. The summed E-state index contributed by atoms with van der Waals surface area (Å²) in [6, 6.07) is 7.11. The maximum atomic E-state index is 11.3. The van der Waals surface area contributed by atoms with Crippen LogP contribution in [0.2, 0.25) is 0 Å². The predicted octanol–water partition coefficient (Wildman–Crippen LogP) is 1.85. The Kier molecular flexibility index (Phi) is 2.11. The van der Waals surface area contributed by atoms with E-state index in [9.17, 15) is 9.90 Å². The molecular formula is C13H12O4. The van der Waals surface area contributed by atoms with Crippen molar-refractivity contribution in [3.8, 4) is 0 Å². The maximum absolute atomic E-state index is 11.3. The smallest absolute Gasteiger partial charge is 0.172 e. The van der Waals surface area contributed by atoms with Gasteiger partial charge in [0.1, 0.15) is 11.3 Å². The number of benzene rings is 1. The Labute approximate surface area is 97.8 Å². The van der Waals surface area contributed by atoms with Crippen molar-refractivity contribution in [2.24, 2.45) is 0 Å². The van der Waals surface area contributed by atoms with Crippen LogP contribution in [0.1, 0.15) is 23.0 Å². The third-order valence-corrected chi connectivity index (χ3v) is 3.12. The van der Waals surface area contributed by atoms with E-state index in [0.717, 1.165) is 5.39 Å². The van der Waals surface area contributed by atoms with Gasteiger partial charge in [-0.2, -0.15) is 0 Å². The second kappa shape index (κ2) is 3.42. The van der Waals surface area contributed by atoms with Gasteiger partial charge in [-0.3, -0.25) is 4.79 Å². The average molecular weight is 232 g/mol. The summed E-state index contributed by atoms with van der Waals surface area (Å²) in [6.45, 7) is 1.91. The third-order valence-electron chi connectivity index (χ3n) is 3.12. The lowest BCUT2D eigenvalue weighted by molar-refractivity contribution is 0.101. The van der Waals surface area contributed by atoms with Crippen LogP contribution in [0.5, 0.6) is 0 Å². The van der Waals surface area contributed by atoms with Gasteiger partial charge in [-0.15, -0.1) is 0 Å². The number of Topliss-reactive ketones (excluding diaryl/α,β-unsaturated/α-hetero) is 1. The number of furan rings is 1. The van der Waals surface area contributed by atoms with Crippen molar-refractivity contribution in [1.29, 1.82) is 0 Å². The van der Waals surface area contributed by atoms with E-state index < -0.39 is 5.60 Å². The molecule has 1 aliphatic rings. The molecule has 2 aromatic rings. The maximum Gasteiger partial charge on any atom is 0.172 e. The number of epoxide rings is 1. The van der Waals surface area contributed by atoms with Gasteiger partial charge in [-0.25, -0.2) is 0 Å². The number of hydrogen-bond acceptors (Lipinski definition) is 4. The number of ketones is 1. The monoisotopic (exact) mass is 232 g/mol. The van der Waals surface area contributed by atoms with E-state index in [1.807, 2.05) is 6.07 Å². The largest absolute Gasteiger partial charge is 0.458 e. The summed E-state index contributed by atoms with van der Waals surface area (Å²) < 4.78 is 10.9. The molecule has 0 amide bonds. The standard InChI is InChI=1S/C13H12O4/c1-8(15)9-2-3-11-10(4-9)5-12(17-11)13(6-14)7-16-13/h2-5,14H,6-7H2,1H3/t13-/m0/s1. The molecule has 88 valence electrons. The normalized spacial score (nSPS) is 22.9. The molecule has 1 N–H and O–H groups in total. The zero-order chi connectivity index (χ0) is 12.0. The summed E-state index contributed by atoms with van der Waals surface area (Å²) in [5.41, 5.74) is 0.697. The second-order valence-corrected chi connectivity index (χ2v) is 4.36. The molecule has 1 saturated heterocycles. The van der Waals surface area contributed by atoms with Crippen molar-refractivity contribution in [1.82, 2.24) is 0 Å². The summed E-state index contributed by atoms with van der Waals surface area (Å²) in [6.07, 6.45) is 0. The Balaban J connectivity index is 2.10. The Hall–Kier alpha value is -1.65. The number of carbonyl (C=O) groups excluding carboxylic acids is 1. The summed E-state index contributed by atoms with van der Waals surface area (Å²) in [5, 5.41) is 10.1. The fraction of sp³-hybridized carbons (Fsp3) is 0.308. The number of rotatable bonds is 3. The summed E-state index contributed by atoms with van der Waals surface area (Å²) in [5.74, 6) is 0.643. The molecule has 3 rings (SSSR count). The van der Waals surface area contributed by atoms with Crippen molar-refractivity contribution >= 4 is 16.8 Å². The van der Waals surface area contributed by atoms with E-state index in [2.05, 4.69) is 0 Å². The molecule has 1 aliphatic heterocycles.